The third kappa shape index (κ3) is 3.91. The van der Waals surface area contributed by atoms with E-state index in [1.807, 2.05) is 12.1 Å². The van der Waals surface area contributed by atoms with Crippen molar-refractivity contribution in [2.75, 3.05) is 36.5 Å². The third-order valence-electron chi connectivity index (χ3n) is 6.38. The standard InChI is InChI=1S/C24H31N3O2/c1-4-17(2)25-24(28)21-14-18-8-5-6-11-22(18)27-13-12-26(16-23(21)27)19-9-7-10-20(15-19)29-3/h5-11,15,17,21,23H,4,12-14,16H2,1-3H3,(H,25,28). The summed E-state index contributed by atoms with van der Waals surface area (Å²) in [6, 6.07) is 17.1. The molecule has 1 saturated heterocycles. The van der Waals surface area contributed by atoms with Gasteiger partial charge in [-0.2, -0.15) is 0 Å². The summed E-state index contributed by atoms with van der Waals surface area (Å²) >= 11 is 0. The molecule has 5 nitrogen and oxygen atoms in total. The summed E-state index contributed by atoms with van der Waals surface area (Å²) in [5.41, 5.74) is 3.72. The molecule has 2 aliphatic rings. The Kier molecular flexibility index (Phi) is 5.65. The van der Waals surface area contributed by atoms with E-state index in [4.69, 9.17) is 4.74 Å². The van der Waals surface area contributed by atoms with Crippen molar-refractivity contribution in [3.05, 3.63) is 54.1 Å². The molecule has 2 aromatic carbocycles. The molecule has 0 aromatic heterocycles. The van der Waals surface area contributed by atoms with E-state index in [1.165, 1.54) is 11.3 Å². The van der Waals surface area contributed by atoms with E-state index in [0.29, 0.717) is 0 Å². The van der Waals surface area contributed by atoms with E-state index in [1.54, 1.807) is 7.11 Å². The fraction of sp³-hybridized carbons (Fsp3) is 0.458. The second kappa shape index (κ2) is 8.36. The lowest BCUT2D eigenvalue weighted by molar-refractivity contribution is -0.126. The highest BCUT2D eigenvalue weighted by Gasteiger charge is 2.41. The fourth-order valence-corrected chi connectivity index (χ4v) is 4.55. The zero-order valence-electron chi connectivity index (χ0n) is 17.6. The number of anilines is 2. The van der Waals surface area contributed by atoms with Crippen molar-refractivity contribution in [2.24, 2.45) is 5.92 Å². The Morgan fingerprint density at radius 3 is 2.83 bits per heavy atom. The second-order valence-corrected chi connectivity index (χ2v) is 8.17. The molecule has 0 radical (unpaired) electrons. The van der Waals surface area contributed by atoms with Gasteiger partial charge in [0.1, 0.15) is 5.75 Å². The minimum Gasteiger partial charge on any atom is -0.497 e. The number of hydrogen-bond acceptors (Lipinski definition) is 4. The minimum atomic E-state index is -0.0488. The van der Waals surface area contributed by atoms with E-state index in [-0.39, 0.29) is 23.9 Å². The molecule has 1 fully saturated rings. The Morgan fingerprint density at radius 2 is 2.03 bits per heavy atom. The van der Waals surface area contributed by atoms with Crippen LogP contribution in [0.15, 0.2) is 48.5 Å². The average Bonchev–Trinajstić information content (AvgIpc) is 2.77. The number of carbonyl (C=O) groups is 1. The summed E-state index contributed by atoms with van der Waals surface area (Å²) in [4.78, 5) is 18.0. The maximum atomic E-state index is 13.2. The number of hydrogen-bond donors (Lipinski definition) is 1. The quantitative estimate of drug-likeness (QED) is 0.845. The Balaban J connectivity index is 1.63. The molecular formula is C24H31N3O2. The molecular weight excluding hydrogens is 362 g/mol. The zero-order valence-corrected chi connectivity index (χ0v) is 17.6. The van der Waals surface area contributed by atoms with Gasteiger partial charge in [0.05, 0.1) is 19.1 Å². The van der Waals surface area contributed by atoms with Crippen LogP contribution in [-0.2, 0) is 11.2 Å². The van der Waals surface area contributed by atoms with Crippen LogP contribution in [0.25, 0.3) is 0 Å². The van der Waals surface area contributed by atoms with Crippen molar-refractivity contribution in [2.45, 2.75) is 38.8 Å². The second-order valence-electron chi connectivity index (χ2n) is 8.17. The third-order valence-corrected chi connectivity index (χ3v) is 6.38. The van der Waals surface area contributed by atoms with Gasteiger partial charge in [0, 0.05) is 43.1 Å². The first kappa shape index (κ1) is 19.6. The molecule has 154 valence electrons. The van der Waals surface area contributed by atoms with Crippen molar-refractivity contribution in [3.63, 3.8) is 0 Å². The molecule has 5 heteroatoms. The predicted molar refractivity (Wildman–Crippen MR) is 118 cm³/mol. The van der Waals surface area contributed by atoms with Crippen LogP contribution in [0.4, 0.5) is 11.4 Å². The van der Waals surface area contributed by atoms with Crippen molar-refractivity contribution in [1.29, 1.82) is 0 Å². The number of methoxy groups -OCH3 is 1. The molecule has 3 unspecified atom stereocenters. The summed E-state index contributed by atoms with van der Waals surface area (Å²) in [6.07, 6.45) is 1.74. The number of benzene rings is 2. The van der Waals surface area contributed by atoms with Crippen LogP contribution < -0.4 is 19.9 Å². The number of nitrogens with zero attached hydrogens (tertiary/aromatic N) is 2. The van der Waals surface area contributed by atoms with Crippen molar-refractivity contribution in [3.8, 4) is 5.75 Å². The molecule has 29 heavy (non-hydrogen) atoms. The predicted octanol–water partition coefficient (Wildman–Crippen LogP) is 3.48. The number of carbonyl (C=O) groups excluding carboxylic acids is 1. The topological polar surface area (TPSA) is 44.8 Å². The van der Waals surface area contributed by atoms with Crippen molar-refractivity contribution in [1.82, 2.24) is 5.32 Å². The van der Waals surface area contributed by atoms with E-state index in [2.05, 4.69) is 65.4 Å². The number of piperazine rings is 1. The average molecular weight is 394 g/mol. The SMILES string of the molecule is CCC(C)NC(=O)C1Cc2ccccc2N2CCN(c3cccc(OC)c3)CC12. The van der Waals surface area contributed by atoms with Crippen LogP contribution in [0, 0.1) is 5.92 Å². The molecule has 4 rings (SSSR count). The number of rotatable bonds is 5. The van der Waals surface area contributed by atoms with Crippen molar-refractivity contribution < 1.29 is 9.53 Å². The summed E-state index contributed by atoms with van der Waals surface area (Å²) < 4.78 is 5.41. The first-order chi connectivity index (χ1) is 14.1. The lowest BCUT2D eigenvalue weighted by Gasteiger charge is -2.49. The molecule has 2 heterocycles. The van der Waals surface area contributed by atoms with E-state index in [9.17, 15) is 4.79 Å². The maximum Gasteiger partial charge on any atom is 0.225 e. The van der Waals surface area contributed by atoms with Crippen LogP contribution in [0.5, 0.6) is 5.75 Å². The Bertz CT molecular complexity index is 869. The van der Waals surface area contributed by atoms with Gasteiger partial charge in [0.15, 0.2) is 0 Å². The monoisotopic (exact) mass is 393 g/mol. The number of para-hydroxylation sites is 1. The summed E-state index contributed by atoms with van der Waals surface area (Å²) in [5.74, 6) is 0.994. The van der Waals surface area contributed by atoms with Gasteiger partial charge < -0.3 is 19.9 Å². The molecule has 2 aliphatic heterocycles. The number of ether oxygens (including phenoxy) is 1. The molecule has 0 bridgehead atoms. The number of nitrogens with one attached hydrogen (secondary N) is 1. The van der Waals surface area contributed by atoms with Gasteiger partial charge in [-0.1, -0.05) is 31.2 Å². The highest BCUT2D eigenvalue weighted by Crippen LogP contribution is 2.37. The van der Waals surface area contributed by atoms with Crippen LogP contribution >= 0.6 is 0 Å². The largest absolute Gasteiger partial charge is 0.497 e. The van der Waals surface area contributed by atoms with E-state index in [0.717, 1.165) is 43.9 Å². The Hall–Kier alpha value is -2.69. The van der Waals surface area contributed by atoms with E-state index >= 15 is 0 Å². The Labute approximate surface area is 173 Å². The van der Waals surface area contributed by atoms with Crippen molar-refractivity contribution >= 4 is 17.3 Å². The van der Waals surface area contributed by atoms with E-state index < -0.39 is 0 Å². The smallest absolute Gasteiger partial charge is 0.225 e. The highest BCUT2D eigenvalue weighted by molar-refractivity contribution is 5.82. The first-order valence-electron chi connectivity index (χ1n) is 10.6. The Morgan fingerprint density at radius 1 is 1.21 bits per heavy atom. The molecule has 1 amide bonds. The molecule has 0 spiro atoms. The first-order valence-corrected chi connectivity index (χ1v) is 10.6. The molecule has 0 aliphatic carbocycles. The number of fused-ring (bicyclic) bond motifs is 3. The highest BCUT2D eigenvalue weighted by atomic mass is 16.5. The van der Waals surface area contributed by atoms with Crippen LogP contribution in [0.3, 0.4) is 0 Å². The maximum absolute atomic E-state index is 13.2. The van der Waals surface area contributed by atoms with Crippen LogP contribution in [0.2, 0.25) is 0 Å². The lowest BCUT2D eigenvalue weighted by Crippen LogP contribution is -2.61. The minimum absolute atomic E-state index is 0.0488. The van der Waals surface area contributed by atoms with Gasteiger partial charge in [-0.25, -0.2) is 0 Å². The summed E-state index contributed by atoms with van der Waals surface area (Å²) in [7, 11) is 1.70. The van der Waals surface area contributed by atoms with Gasteiger partial charge in [0.25, 0.3) is 0 Å². The van der Waals surface area contributed by atoms with Gasteiger partial charge in [-0.15, -0.1) is 0 Å². The van der Waals surface area contributed by atoms with Gasteiger partial charge >= 0.3 is 0 Å². The van der Waals surface area contributed by atoms with Gasteiger partial charge in [-0.3, -0.25) is 4.79 Å². The summed E-state index contributed by atoms with van der Waals surface area (Å²) in [6.45, 7) is 6.86. The van der Waals surface area contributed by atoms with Gasteiger partial charge in [-0.05, 0) is 43.5 Å². The normalized spacial score (nSPS) is 21.8. The molecule has 2 aromatic rings. The number of amides is 1. The van der Waals surface area contributed by atoms with Crippen LogP contribution in [-0.4, -0.2) is 44.7 Å². The van der Waals surface area contributed by atoms with Crippen LogP contribution in [0.1, 0.15) is 25.8 Å². The lowest BCUT2D eigenvalue weighted by atomic mass is 9.83. The van der Waals surface area contributed by atoms with Gasteiger partial charge in [0.2, 0.25) is 5.91 Å². The molecule has 1 N–H and O–H groups in total. The zero-order chi connectivity index (χ0) is 20.4. The fourth-order valence-electron chi connectivity index (χ4n) is 4.55. The molecule has 0 saturated carbocycles. The molecule has 3 atom stereocenters. The summed E-state index contributed by atoms with van der Waals surface area (Å²) in [5, 5.41) is 3.23.